The number of nitrogens with one attached hydrogen (secondary N) is 1. The summed E-state index contributed by atoms with van der Waals surface area (Å²) in [7, 11) is 6.06. The highest BCUT2D eigenvalue weighted by molar-refractivity contribution is 6.08. The molecule has 11 rings (SSSR count). The summed E-state index contributed by atoms with van der Waals surface area (Å²) in [6.07, 6.45) is 10.6. The molecule has 3 amide bonds. The molecule has 6 aromatic carbocycles. The van der Waals surface area contributed by atoms with Gasteiger partial charge in [0.05, 0.1) is 19.6 Å². The molecule has 0 spiro atoms. The Labute approximate surface area is 430 Å². The second-order valence-electron chi connectivity index (χ2n) is 19.0. The number of rotatable bonds is 7. The van der Waals surface area contributed by atoms with Crippen molar-refractivity contribution < 1.29 is 14.4 Å². The van der Waals surface area contributed by atoms with Crippen molar-refractivity contribution in [3.8, 4) is 0 Å². The van der Waals surface area contributed by atoms with Gasteiger partial charge in [-0.1, -0.05) is 123 Å². The van der Waals surface area contributed by atoms with E-state index < -0.39 is 0 Å². The van der Waals surface area contributed by atoms with Crippen molar-refractivity contribution in [3.63, 3.8) is 0 Å². The first kappa shape index (κ1) is 49.5. The van der Waals surface area contributed by atoms with Crippen molar-refractivity contribution >= 4 is 34.8 Å². The lowest BCUT2D eigenvalue weighted by Gasteiger charge is -2.24. The molecule has 368 valence electrons. The molecule has 0 aliphatic carbocycles. The van der Waals surface area contributed by atoms with Crippen molar-refractivity contribution in [2.45, 2.75) is 59.0 Å². The lowest BCUT2D eigenvalue weighted by Crippen LogP contribution is -2.33. The molecule has 0 saturated heterocycles. The molecule has 0 saturated carbocycles. The average Bonchev–Trinajstić information content (AvgIpc) is 3.74. The van der Waals surface area contributed by atoms with E-state index in [1.54, 1.807) is 0 Å². The Morgan fingerprint density at radius 1 is 0.521 bits per heavy atom. The van der Waals surface area contributed by atoms with Gasteiger partial charge in [0.2, 0.25) is 0 Å². The lowest BCUT2D eigenvalue weighted by molar-refractivity contribution is 0.0977. The molecular weight excluding hydrogens is 901 g/mol. The van der Waals surface area contributed by atoms with Crippen molar-refractivity contribution in [3.05, 3.63) is 267 Å². The summed E-state index contributed by atoms with van der Waals surface area (Å²) >= 11 is 0. The van der Waals surface area contributed by atoms with E-state index in [0.29, 0.717) is 25.2 Å². The Morgan fingerprint density at radius 2 is 0.973 bits per heavy atom. The van der Waals surface area contributed by atoms with Crippen LogP contribution in [0.3, 0.4) is 0 Å². The molecule has 2 aromatic heterocycles. The van der Waals surface area contributed by atoms with Gasteiger partial charge < -0.3 is 29.2 Å². The SMILES string of the molecule is C=CC1=C(NC)Cc2ccc(C)cc2N(C(=O)c2ccccc2)C1.CCCc1ccc(C(=O)N2Cc3ccn(C)c3Cc3ccccc32)cc1.Cn1ccc2c1Cc1ccccc1N(C(=O)c1ccccc1)C2. The fraction of sp³-hybridized carbons (Fsp3) is 0.203. The predicted octanol–water partition coefficient (Wildman–Crippen LogP) is 12.4. The number of carbonyl (C=O) groups is 3. The standard InChI is InChI=1S/C23H24N2O.C21H22N2O.C20H18N2O/c1-3-6-17-9-11-18(12-10-17)23(26)25-16-20-13-14-24(2)22(20)15-19-7-4-5-8-21(19)25;1-4-16-14-23(21(24)17-8-6-5-7-9-17)20-12-15(2)10-11-18(20)13-19(16)22-3;1-21-12-11-17-14-22(20(23)15-7-3-2-4-8-15)18-10-6-5-9-16(18)13-19(17)21/h4-5,7-14H,3,6,15-16H2,1-2H3;4-12,22H,1,13-14H2,2-3H3;2-12H,13-14H2,1H3. The van der Waals surface area contributed by atoms with Crippen molar-refractivity contribution in [2.24, 2.45) is 14.1 Å². The Balaban J connectivity index is 0.000000135. The summed E-state index contributed by atoms with van der Waals surface area (Å²) < 4.78 is 4.32. The largest absolute Gasteiger partial charge is 0.391 e. The van der Waals surface area contributed by atoms with E-state index in [-0.39, 0.29) is 17.7 Å². The van der Waals surface area contributed by atoms with Gasteiger partial charge in [-0.15, -0.1) is 0 Å². The molecule has 3 aliphatic rings. The van der Waals surface area contributed by atoms with Crippen molar-refractivity contribution in [1.29, 1.82) is 0 Å². The fourth-order valence-electron chi connectivity index (χ4n) is 10.2. The van der Waals surface area contributed by atoms with E-state index in [0.717, 1.165) is 82.7 Å². The minimum atomic E-state index is 0.0131. The van der Waals surface area contributed by atoms with Crippen LogP contribution in [0.1, 0.15) is 94.8 Å². The van der Waals surface area contributed by atoms with Crippen LogP contribution in [-0.4, -0.2) is 40.4 Å². The topological polar surface area (TPSA) is 82.8 Å². The average molecular weight is 965 g/mol. The number of aromatic nitrogens is 2. The van der Waals surface area contributed by atoms with Gasteiger partial charge in [-0.05, 0) is 125 Å². The molecule has 0 bridgehead atoms. The molecule has 0 unspecified atom stereocenters. The molecule has 1 N–H and O–H groups in total. The van der Waals surface area contributed by atoms with Gasteiger partial charge in [0, 0.05) is 104 Å². The molecule has 0 radical (unpaired) electrons. The van der Waals surface area contributed by atoms with Crippen LogP contribution >= 0.6 is 0 Å². The molecule has 0 atom stereocenters. The number of allylic oxidation sites excluding steroid dienone is 1. The summed E-state index contributed by atoms with van der Waals surface area (Å²) in [6, 6.07) is 54.0. The minimum absolute atomic E-state index is 0.0131. The number of aryl methyl sites for hydroxylation is 4. The van der Waals surface area contributed by atoms with Crippen LogP contribution in [-0.2, 0) is 52.9 Å². The number of likely N-dealkylation sites (N-methyl/N-ethyl adjacent to an activating group) is 1. The Bertz CT molecular complexity index is 3310. The zero-order chi connectivity index (χ0) is 51.0. The number of fused-ring (bicyclic) bond motifs is 5. The number of carbonyl (C=O) groups excluding carboxylic acids is 3. The van der Waals surface area contributed by atoms with E-state index in [2.05, 4.69) is 128 Å². The third kappa shape index (κ3) is 10.8. The number of anilines is 3. The van der Waals surface area contributed by atoms with Gasteiger partial charge in [-0.3, -0.25) is 14.4 Å². The minimum Gasteiger partial charge on any atom is -0.391 e. The first-order valence-electron chi connectivity index (χ1n) is 25.2. The van der Waals surface area contributed by atoms with Crippen molar-refractivity contribution in [2.75, 3.05) is 28.3 Å². The van der Waals surface area contributed by atoms with E-state index in [9.17, 15) is 14.4 Å². The second kappa shape index (κ2) is 22.3. The number of hydrogen-bond acceptors (Lipinski definition) is 4. The molecular formula is C64H64N6O3. The van der Waals surface area contributed by atoms with Gasteiger partial charge in [-0.2, -0.15) is 0 Å². The van der Waals surface area contributed by atoms with Crippen LogP contribution in [0.5, 0.6) is 0 Å². The molecule has 5 heterocycles. The van der Waals surface area contributed by atoms with Crippen LogP contribution < -0.4 is 20.0 Å². The third-order valence-corrected chi connectivity index (χ3v) is 14.2. The highest BCUT2D eigenvalue weighted by Gasteiger charge is 2.29. The highest BCUT2D eigenvalue weighted by Crippen LogP contribution is 2.35. The van der Waals surface area contributed by atoms with Crippen LogP contribution in [0.2, 0.25) is 0 Å². The number of hydrogen-bond donors (Lipinski definition) is 1. The quantitative estimate of drug-likeness (QED) is 0.172. The number of nitrogens with zero attached hydrogens (tertiary/aromatic N) is 5. The normalized spacial score (nSPS) is 13.4. The Hall–Kier alpha value is -8.43. The summed E-state index contributed by atoms with van der Waals surface area (Å²) in [5.41, 5.74) is 18.3. The van der Waals surface area contributed by atoms with Gasteiger partial charge in [-0.25, -0.2) is 0 Å². The second-order valence-corrected chi connectivity index (χ2v) is 19.0. The predicted molar refractivity (Wildman–Crippen MR) is 297 cm³/mol. The number of amides is 3. The van der Waals surface area contributed by atoms with Crippen LogP contribution in [0.4, 0.5) is 17.1 Å². The van der Waals surface area contributed by atoms with Gasteiger partial charge in [0.25, 0.3) is 17.7 Å². The Morgan fingerprint density at radius 3 is 1.45 bits per heavy atom. The highest BCUT2D eigenvalue weighted by atomic mass is 16.2. The Kier molecular flexibility index (Phi) is 15.2. The number of benzene rings is 6. The van der Waals surface area contributed by atoms with Crippen LogP contribution in [0, 0.1) is 6.92 Å². The maximum Gasteiger partial charge on any atom is 0.258 e. The smallest absolute Gasteiger partial charge is 0.258 e. The molecule has 73 heavy (non-hydrogen) atoms. The van der Waals surface area contributed by atoms with Crippen LogP contribution in [0.15, 0.2) is 200 Å². The van der Waals surface area contributed by atoms with E-state index in [1.165, 1.54) is 39.2 Å². The summed E-state index contributed by atoms with van der Waals surface area (Å²) in [5.74, 6) is 0.131. The van der Waals surface area contributed by atoms with Crippen molar-refractivity contribution in [1.82, 2.24) is 14.5 Å². The first-order valence-corrected chi connectivity index (χ1v) is 25.2. The van der Waals surface area contributed by atoms with E-state index in [4.69, 9.17) is 0 Å². The summed E-state index contributed by atoms with van der Waals surface area (Å²) in [6.45, 7) is 9.90. The summed E-state index contributed by atoms with van der Waals surface area (Å²) in [4.78, 5) is 45.2. The third-order valence-electron chi connectivity index (χ3n) is 14.2. The van der Waals surface area contributed by atoms with E-state index in [1.807, 2.05) is 125 Å². The van der Waals surface area contributed by atoms with Gasteiger partial charge in [0.15, 0.2) is 0 Å². The molecule has 0 fully saturated rings. The number of para-hydroxylation sites is 2. The zero-order valence-corrected chi connectivity index (χ0v) is 42.6. The van der Waals surface area contributed by atoms with E-state index >= 15 is 0 Å². The molecule has 8 aromatic rings. The van der Waals surface area contributed by atoms with Crippen LogP contribution in [0.25, 0.3) is 0 Å². The summed E-state index contributed by atoms with van der Waals surface area (Å²) in [5, 5.41) is 3.27. The monoisotopic (exact) mass is 965 g/mol. The van der Waals surface area contributed by atoms with Gasteiger partial charge >= 0.3 is 0 Å². The lowest BCUT2D eigenvalue weighted by atomic mass is 10.0. The zero-order valence-electron chi connectivity index (χ0n) is 42.6. The maximum absolute atomic E-state index is 13.3. The molecule has 3 aliphatic heterocycles. The molecule has 9 nitrogen and oxygen atoms in total. The first-order chi connectivity index (χ1) is 35.5. The fourth-order valence-corrected chi connectivity index (χ4v) is 10.2. The molecule has 9 heteroatoms. The van der Waals surface area contributed by atoms with Gasteiger partial charge in [0.1, 0.15) is 0 Å². The maximum atomic E-state index is 13.3.